The number of pyridine rings is 1. The molecule has 0 spiro atoms. The van der Waals surface area contributed by atoms with Crippen molar-refractivity contribution in [2.75, 3.05) is 13.8 Å². The Morgan fingerprint density at radius 1 is 1.14 bits per heavy atom. The molecule has 1 aromatic carbocycles. The van der Waals surface area contributed by atoms with Gasteiger partial charge in [0.2, 0.25) is 5.92 Å². The number of benzene rings is 1. The van der Waals surface area contributed by atoms with Crippen LogP contribution in [0.2, 0.25) is 0 Å². The zero-order chi connectivity index (χ0) is 26.6. The number of hydrogen-bond donors (Lipinski definition) is 1. The molecular weight excluding hydrogens is 480 g/mol. The topological polar surface area (TPSA) is 48.1 Å². The standard InChI is InChI=1S/C28H35F3N2O.CH3F.CH4/c1-4-27(18-34-26(2,3)32)15-21-16-28(30,31)13-12-24(21)25(27)11-10-23-9-8-20(17-33-23)19-6-5-7-22(29)14-19;1-2;/h5-11,14,17,21,24-25H,4,12-13,15-16,18,32H2,1-3H3;1H3;1H4/b11-10+;;/t21-,24?,25+,27?;;/m1../s1. The Balaban J connectivity index is 0.00000157. The van der Waals surface area contributed by atoms with Gasteiger partial charge in [-0.25, -0.2) is 13.2 Å². The molecule has 0 bridgehead atoms. The second-order valence-electron chi connectivity index (χ2n) is 10.7. The first-order chi connectivity index (χ1) is 17.0. The number of rotatable bonds is 7. The van der Waals surface area contributed by atoms with Crippen LogP contribution in [0.15, 0.2) is 48.7 Å². The summed E-state index contributed by atoms with van der Waals surface area (Å²) in [4.78, 5) is 4.55. The van der Waals surface area contributed by atoms with Crippen molar-refractivity contribution in [1.29, 1.82) is 0 Å². The van der Waals surface area contributed by atoms with Crippen LogP contribution in [0.25, 0.3) is 17.2 Å². The average Bonchev–Trinajstić information content (AvgIpc) is 3.14. The van der Waals surface area contributed by atoms with E-state index in [9.17, 15) is 17.6 Å². The fourth-order valence-corrected chi connectivity index (χ4v) is 5.92. The molecule has 2 fully saturated rings. The molecule has 37 heavy (non-hydrogen) atoms. The molecule has 0 amide bonds. The van der Waals surface area contributed by atoms with Crippen molar-refractivity contribution in [2.24, 2.45) is 28.9 Å². The van der Waals surface area contributed by atoms with Gasteiger partial charge in [-0.15, -0.1) is 0 Å². The summed E-state index contributed by atoms with van der Waals surface area (Å²) >= 11 is 0. The van der Waals surface area contributed by atoms with Gasteiger partial charge >= 0.3 is 0 Å². The quantitative estimate of drug-likeness (QED) is 0.294. The Morgan fingerprint density at radius 3 is 2.46 bits per heavy atom. The molecule has 2 aliphatic carbocycles. The molecule has 2 unspecified atom stereocenters. The van der Waals surface area contributed by atoms with Crippen LogP contribution in [-0.2, 0) is 4.74 Å². The van der Waals surface area contributed by atoms with E-state index in [2.05, 4.69) is 18.0 Å². The highest BCUT2D eigenvalue weighted by Crippen LogP contribution is 2.60. The van der Waals surface area contributed by atoms with Crippen molar-refractivity contribution in [3.63, 3.8) is 0 Å². The summed E-state index contributed by atoms with van der Waals surface area (Å²) in [6.07, 6.45) is 7.87. The van der Waals surface area contributed by atoms with Gasteiger partial charge in [-0.3, -0.25) is 9.37 Å². The minimum absolute atomic E-state index is 0. The van der Waals surface area contributed by atoms with Crippen molar-refractivity contribution in [3.05, 3.63) is 60.2 Å². The molecule has 1 aromatic heterocycles. The first-order valence-corrected chi connectivity index (χ1v) is 12.6. The molecular formula is C30H42F4N2O. The summed E-state index contributed by atoms with van der Waals surface area (Å²) in [6.45, 7) is 6.21. The third kappa shape index (κ3) is 7.64. The third-order valence-corrected chi connectivity index (χ3v) is 7.70. The Labute approximate surface area is 219 Å². The summed E-state index contributed by atoms with van der Waals surface area (Å²) in [5, 5.41) is 0. The molecule has 0 radical (unpaired) electrons. The number of allylic oxidation sites excluding steroid dienone is 1. The van der Waals surface area contributed by atoms with Gasteiger partial charge in [-0.05, 0) is 80.7 Å². The van der Waals surface area contributed by atoms with E-state index in [1.54, 1.807) is 12.3 Å². The summed E-state index contributed by atoms with van der Waals surface area (Å²) in [6, 6.07) is 10.3. The molecule has 0 aliphatic heterocycles. The average molecular weight is 523 g/mol. The van der Waals surface area contributed by atoms with Gasteiger partial charge in [0, 0.05) is 30.0 Å². The smallest absolute Gasteiger partial charge is 0.248 e. The van der Waals surface area contributed by atoms with Gasteiger partial charge in [0.1, 0.15) is 11.5 Å². The molecule has 7 heteroatoms. The summed E-state index contributed by atoms with van der Waals surface area (Å²) in [5.41, 5.74) is 7.50. The van der Waals surface area contributed by atoms with E-state index >= 15 is 0 Å². The van der Waals surface area contributed by atoms with E-state index in [1.165, 1.54) is 12.1 Å². The first kappa shape index (κ1) is 31.0. The molecule has 2 aliphatic rings. The van der Waals surface area contributed by atoms with Crippen LogP contribution in [0.1, 0.15) is 66.0 Å². The zero-order valence-corrected chi connectivity index (χ0v) is 21.6. The number of ether oxygens (including phenoxy) is 1. The summed E-state index contributed by atoms with van der Waals surface area (Å²) in [7, 11) is 0.500. The summed E-state index contributed by atoms with van der Waals surface area (Å²) < 4.78 is 57.6. The maximum Gasteiger partial charge on any atom is 0.248 e. The van der Waals surface area contributed by atoms with Crippen LogP contribution in [0.5, 0.6) is 0 Å². The number of nitrogens with zero attached hydrogens (tertiary/aromatic N) is 1. The van der Waals surface area contributed by atoms with Crippen molar-refractivity contribution in [3.8, 4) is 11.1 Å². The predicted octanol–water partition coefficient (Wildman–Crippen LogP) is 8.30. The lowest BCUT2D eigenvalue weighted by Gasteiger charge is -2.38. The number of fused-ring (bicyclic) bond motifs is 1. The monoisotopic (exact) mass is 522 g/mol. The minimum Gasteiger partial charge on any atom is -0.361 e. The lowest BCUT2D eigenvalue weighted by atomic mass is 9.71. The van der Waals surface area contributed by atoms with E-state index in [0.717, 1.165) is 29.7 Å². The molecule has 3 nitrogen and oxygen atoms in total. The van der Waals surface area contributed by atoms with Gasteiger partial charge in [0.05, 0.1) is 19.5 Å². The molecule has 2 N–H and O–H groups in total. The van der Waals surface area contributed by atoms with Crippen LogP contribution in [0.4, 0.5) is 17.6 Å². The van der Waals surface area contributed by atoms with Crippen LogP contribution in [0.3, 0.4) is 0 Å². The maximum absolute atomic E-state index is 14.3. The van der Waals surface area contributed by atoms with Crippen molar-refractivity contribution in [1.82, 2.24) is 4.98 Å². The SMILES string of the molecule is C.CCC1(COC(C)(C)N)C[C@@H]2CC(F)(F)CCC2[C@@H]1/C=C/c1ccc(-c2cccc(F)c2)cn1.CF. The van der Waals surface area contributed by atoms with Gasteiger partial charge < -0.3 is 10.5 Å². The number of alkyl halides is 3. The molecule has 206 valence electrons. The van der Waals surface area contributed by atoms with Gasteiger partial charge in [-0.2, -0.15) is 0 Å². The van der Waals surface area contributed by atoms with E-state index in [0.29, 0.717) is 20.2 Å². The van der Waals surface area contributed by atoms with Crippen LogP contribution in [0, 0.1) is 29.0 Å². The highest BCUT2D eigenvalue weighted by molar-refractivity contribution is 5.63. The second-order valence-corrected chi connectivity index (χ2v) is 10.7. The lowest BCUT2D eigenvalue weighted by molar-refractivity contribution is -0.0698. The van der Waals surface area contributed by atoms with Gasteiger partial charge in [0.15, 0.2) is 0 Å². The molecule has 4 rings (SSSR count). The highest BCUT2D eigenvalue weighted by atomic mass is 19.3. The summed E-state index contributed by atoms with van der Waals surface area (Å²) in [5.74, 6) is -2.57. The number of hydrogen-bond acceptors (Lipinski definition) is 3. The van der Waals surface area contributed by atoms with Gasteiger partial charge in [-0.1, -0.05) is 38.6 Å². The van der Waals surface area contributed by atoms with E-state index in [-0.39, 0.29) is 49.3 Å². The molecule has 2 saturated carbocycles. The highest BCUT2D eigenvalue weighted by Gasteiger charge is 2.56. The number of halogens is 4. The van der Waals surface area contributed by atoms with Crippen LogP contribution < -0.4 is 5.73 Å². The van der Waals surface area contributed by atoms with E-state index in [1.807, 2.05) is 38.1 Å². The van der Waals surface area contributed by atoms with Crippen molar-refractivity contribution < 1.29 is 22.3 Å². The molecule has 0 saturated heterocycles. The van der Waals surface area contributed by atoms with Crippen LogP contribution >= 0.6 is 0 Å². The normalized spacial score (nSPS) is 26.7. The molecule has 1 heterocycles. The Bertz CT molecular complexity index is 1020. The molecule has 4 atom stereocenters. The van der Waals surface area contributed by atoms with E-state index < -0.39 is 11.6 Å². The fraction of sp³-hybridized carbons (Fsp3) is 0.567. The minimum atomic E-state index is -2.58. The zero-order valence-electron chi connectivity index (χ0n) is 21.6. The Kier molecular flexibility index (Phi) is 10.5. The maximum atomic E-state index is 14.3. The predicted molar refractivity (Wildman–Crippen MR) is 143 cm³/mol. The van der Waals surface area contributed by atoms with Crippen molar-refractivity contribution in [2.45, 2.75) is 71.9 Å². The van der Waals surface area contributed by atoms with Gasteiger partial charge in [0.25, 0.3) is 0 Å². The van der Waals surface area contributed by atoms with Crippen molar-refractivity contribution >= 4 is 6.08 Å². The Hall–Kier alpha value is -2.25. The largest absolute Gasteiger partial charge is 0.361 e. The first-order valence-electron chi connectivity index (χ1n) is 12.6. The molecule has 2 aromatic rings. The third-order valence-electron chi connectivity index (χ3n) is 7.70. The second kappa shape index (κ2) is 12.5. The Morgan fingerprint density at radius 2 is 1.86 bits per heavy atom. The number of aromatic nitrogens is 1. The lowest BCUT2D eigenvalue weighted by Crippen LogP contribution is -2.41. The van der Waals surface area contributed by atoms with E-state index in [4.69, 9.17) is 10.5 Å². The fourth-order valence-electron chi connectivity index (χ4n) is 5.92. The van der Waals surface area contributed by atoms with Crippen LogP contribution in [-0.4, -0.2) is 30.4 Å². The number of nitrogens with two attached hydrogens (primary N) is 1.